The van der Waals surface area contributed by atoms with E-state index in [1.165, 1.54) is 64.3 Å². The molecule has 1 heterocycles. The van der Waals surface area contributed by atoms with Gasteiger partial charge in [0.25, 0.3) is 0 Å². The Morgan fingerprint density at radius 1 is 0.413 bits per heavy atom. The van der Waals surface area contributed by atoms with E-state index in [-0.39, 0.29) is 5.41 Å². The van der Waals surface area contributed by atoms with Gasteiger partial charge in [0.05, 0.1) is 0 Å². The first-order valence-electron chi connectivity index (χ1n) is 22.9. The second-order valence-corrected chi connectivity index (χ2v) is 18.6. The summed E-state index contributed by atoms with van der Waals surface area (Å²) in [6, 6.07) is 68.2. The van der Waals surface area contributed by atoms with Crippen molar-refractivity contribution in [2.75, 3.05) is 0 Å². The zero-order chi connectivity index (χ0) is 42.1. The fraction of sp³-hybridized carbons (Fsp3) is 0.183. The predicted molar refractivity (Wildman–Crippen MR) is 260 cm³/mol. The number of benzene rings is 8. The lowest BCUT2D eigenvalue weighted by Crippen LogP contribution is -2.49. The monoisotopic (exact) mass is 811 g/mol. The lowest BCUT2D eigenvalue weighted by Gasteiger charge is -2.55. The van der Waals surface area contributed by atoms with Gasteiger partial charge in [0.2, 0.25) is 0 Å². The minimum absolute atomic E-state index is 0.0303. The standard InChI is InChI=1S/C60H49N3/c1-38-33-40-35-39(2)60(50(34-38)36-40)54-32-31-44-17-9-10-20-51(44)55(54)53-22-12-21-52(56(53)60)45-25-29-47(30-26-45)58-61-57(46-27-23-43(24-28-46)41-13-5-3-6-14-41)62-59(63-58)49-19-11-18-48(37-49)42-15-7-4-8-16-42/h3-32,37-40,50H,33-36H2,1-2H3. The average molecular weight is 812 g/mol. The van der Waals surface area contributed by atoms with Crippen molar-refractivity contribution in [1.29, 1.82) is 0 Å². The van der Waals surface area contributed by atoms with Crippen molar-refractivity contribution in [3.05, 3.63) is 199 Å². The highest BCUT2D eigenvalue weighted by Gasteiger charge is 2.57. The average Bonchev–Trinajstić information content (AvgIpc) is 3.66. The topological polar surface area (TPSA) is 38.7 Å². The van der Waals surface area contributed by atoms with Crippen LogP contribution in [-0.4, -0.2) is 15.0 Å². The van der Waals surface area contributed by atoms with Crippen molar-refractivity contribution in [2.24, 2.45) is 23.7 Å². The molecule has 1 aromatic heterocycles. The summed E-state index contributed by atoms with van der Waals surface area (Å²) < 4.78 is 0. The van der Waals surface area contributed by atoms with Crippen molar-refractivity contribution in [1.82, 2.24) is 15.0 Å². The van der Waals surface area contributed by atoms with Crippen LogP contribution in [0.1, 0.15) is 50.7 Å². The second kappa shape index (κ2) is 15.1. The number of rotatable bonds is 6. The maximum absolute atomic E-state index is 5.21. The first-order valence-corrected chi connectivity index (χ1v) is 22.9. The number of nitrogens with zero attached hydrogens (tertiary/aromatic N) is 3. The fourth-order valence-corrected chi connectivity index (χ4v) is 12.3. The molecule has 3 aliphatic rings. The van der Waals surface area contributed by atoms with Crippen LogP contribution in [0.15, 0.2) is 188 Å². The van der Waals surface area contributed by atoms with E-state index in [4.69, 9.17) is 15.0 Å². The summed E-state index contributed by atoms with van der Waals surface area (Å²) in [5.74, 6) is 4.69. The molecule has 304 valence electrons. The van der Waals surface area contributed by atoms with Gasteiger partial charge in [-0.2, -0.15) is 0 Å². The van der Waals surface area contributed by atoms with Gasteiger partial charge in [-0.3, -0.25) is 0 Å². The number of hydrogen-bond donors (Lipinski definition) is 0. The highest BCUT2D eigenvalue weighted by Crippen LogP contribution is 2.66. The highest BCUT2D eigenvalue weighted by atomic mass is 15.0. The minimum Gasteiger partial charge on any atom is -0.208 e. The minimum atomic E-state index is -0.0303. The molecule has 0 saturated heterocycles. The molecule has 8 aromatic carbocycles. The van der Waals surface area contributed by atoms with Gasteiger partial charge in [-0.15, -0.1) is 0 Å². The Morgan fingerprint density at radius 2 is 0.952 bits per heavy atom. The van der Waals surface area contributed by atoms with E-state index in [0.717, 1.165) is 45.2 Å². The van der Waals surface area contributed by atoms with E-state index < -0.39 is 0 Å². The Kier molecular flexibility index (Phi) is 9.07. The van der Waals surface area contributed by atoms with Gasteiger partial charge in [0.15, 0.2) is 17.5 Å². The zero-order valence-electron chi connectivity index (χ0n) is 35.9. The van der Waals surface area contributed by atoms with Crippen molar-refractivity contribution >= 4 is 10.8 Å². The molecule has 0 radical (unpaired) electrons. The zero-order valence-corrected chi connectivity index (χ0v) is 35.9. The van der Waals surface area contributed by atoms with Crippen molar-refractivity contribution in [2.45, 2.75) is 44.9 Å². The Hall–Kier alpha value is -6.97. The summed E-state index contributed by atoms with van der Waals surface area (Å²) in [6.07, 6.45) is 5.26. The van der Waals surface area contributed by atoms with Crippen LogP contribution < -0.4 is 0 Å². The number of fused-ring (bicyclic) bond motifs is 10. The summed E-state index contributed by atoms with van der Waals surface area (Å²) in [7, 11) is 0. The van der Waals surface area contributed by atoms with Crippen LogP contribution in [0.3, 0.4) is 0 Å². The predicted octanol–water partition coefficient (Wildman–Crippen LogP) is 15.4. The molecular weight excluding hydrogens is 763 g/mol. The third-order valence-electron chi connectivity index (χ3n) is 14.8. The maximum atomic E-state index is 5.21. The molecule has 5 unspecified atom stereocenters. The SMILES string of the molecule is CC1CC2CC(C)C3(c4ccc5ccccc5c4-c4cccc(-c5ccc(-c6nc(-c7ccc(-c8ccccc8)cc7)nc(-c7cccc(-c8ccccc8)c7)n6)cc5)c43)C(C1)C2. The molecule has 3 nitrogen and oxygen atoms in total. The van der Waals surface area contributed by atoms with Crippen LogP contribution >= 0.6 is 0 Å². The molecule has 2 fully saturated rings. The molecule has 12 rings (SSSR count). The Labute approximate surface area is 370 Å². The highest BCUT2D eigenvalue weighted by molar-refractivity contribution is 6.04. The summed E-state index contributed by atoms with van der Waals surface area (Å²) in [4.78, 5) is 15.6. The van der Waals surface area contributed by atoms with E-state index in [2.05, 4.69) is 202 Å². The van der Waals surface area contributed by atoms with Crippen LogP contribution in [0.4, 0.5) is 0 Å². The van der Waals surface area contributed by atoms with Crippen molar-refractivity contribution < 1.29 is 0 Å². The number of aromatic nitrogens is 3. The van der Waals surface area contributed by atoms with Gasteiger partial charge in [-0.1, -0.05) is 196 Å². The van der Waals surface area contributed by atoms with E-state index in [1.54, 1.807) is 11.1 Å². The molecule has 0 N–H and O–H groups in total. The molecule has 0 aliphatic heterocycles. The van der Waals surface area contributed by atoms with Crippen LogP contribution in [0.5, 0.6) is 0 Å². The number of hydrogen-bond acceptors (Lipinski definition) is 3. The van der Waals surface area contributed by atoms with Crippen LogP contribution in [0, 0.1) is 23.7 Å². The molecule has 9 aromatic rings. The lowest BCUT2D eigenvalue weighted by atomic mass is 9.49. The smallest absolute Gasteiger partial charge is 0.164 e. The van der Waals surface area contributed by atoms with Gasteiger partial charge >= 0.3 is 0 Å². The first-order chi connectivity index (χ1) is 31.0. The fourth-order valence-electron chi connectivity index (χ4n) is 12.3. The van der Waals surface area contributed by atoms with E-state index in [0.29, 0.717) is 29.3 Å². The van der Waals surface area contributed by atoms with Gasteiger partial charge in [0.1, 0.15) is 0 Å². The van der Waals surface area contributed by atoms with Crippen LogP contribution in [0.2, 0.25) is 0 Å². The molecule has 3 heteroatoms. The van der Waals surface area contributed by atoms with Gasteiger partial charge in [-0.25, -0.2) is 15.0 Å². The third kappa shape index (κ3) is 6.28. The van der Waals surface area contributed by atoms with Crippen molar-refractivity contribution in [3.8, 4) is 78.7 Å². The molecule has 63 heavy (non-hydrogen) atoms. The third-order valence-corrected chi connectivity index (χ3v) is 14.8. The lowest BCUT2D eigenvalue weighted by molar-refractivity contribution is 0.0429. The molecule has 1 spiro atoms. The molecule has 0 amide bonds. The quantitative estimate of drug-likeness (QED) is 0.168. The van der Waals surface area contributed by atoms with Gasteiger partial charge in [-0.05, 0) is 122 Å². The van der Waals surface area contributed by atoms with E-state index in [1.807, 2.05) is 0 Å². The first kappa shape index (κ1) is 37.8. The maximum Gasteiger partial charge on any atom is 0.164 e. The molecule has 2 saturated carbocycles. The van der Waals surface area contributed by atoms with Crippen LogP contribution in [0.25, 0.3) is 89.4 Å². The van der Waals surface area contributed by atoms with Crippen molar-refractivity contribution in [3.63, 3.8) is 0 Å². The largest absolute Gasteiger partial charge is 0.208 e. The molecule has 2 bridgehead atoms. The summed E-state index contributed by atoms with van der Waals surface area (Å²) in [5, 5.41) is 2.70. The molecular formula is C60H49N3. The van der Waals surface area contributed by atoms with E-state index >= 15 is 0 Å². The Bertz CT molecular complexity index is 3150. The Morgan fingerprint density at radius 3 is 1.67 bits per heavy atom. The van der Waals surface area contributed by atoms with Crippen LogP contribution in [-0.2, 0) is 5.41 Å². The van der Waals surface area contributed by atoms with Gasteiger partial charge < -0.3 is 0 Å². The summed E-state index contributed by atoms with van der Waals surface area (Å²) in [6.45, 7) is 5.08. The van der Waals surface area contributed by atoms with E-state index in [9.17, 15) is 0 Å². The molecule has 3 aliphatic carbocycles. The normalized spacial score (nSPS) is 21.0. The summed E-state index contributed by atoms with van der Waals surface area (Å²) >= 11 is 0. The summed E-state index contributed by atoms with van der Waals surface area (Å²) in [5.41, 5.74) is 16.1. The Balaban J connectivity index is 0.987. The molecule has 5 atom stereocenters. The second-order valence-electron chi connectivity index (χ2n) is 18.6. The van der Waals surface area contributed by atoms with Gasteiger partial charge in [0, 0.05) is 22.1 Å².